The second-order valence-corrected chi connectivity index (χ2v) is 9.22. The summed E-state index contributed by atoms with van der Waals surface area (Å²) in [7, 11) is 0. The Kier molecular flexibility index (Phi) is 7.37. The van der Waals surface area contributed by atoms with E-state index in [2.05, 4.69) is 43.2 Å². The van der Waals surface area contributed by atoms with Gasteiger partial charge in [0.25, 0.3) is 0 Å². The fraction of sp³-hybridized carbons (Fsp3) is 0.625. The van der Waals surface area contributed by atoms with Gasteiger partial charge >= 0.3 is 0 Å². The van der Waals surface area contributed by atoms with Crippen LogP contribution in [0.5, 0.6) is 5.88 Å². The SMILES string of the molecule is Cc1c(Cc2ccc(C(C)C)cc2)c(O[C@@H]2O[C@H](CO)[C@@H](O)[C@H](O)[C@H]2O)nn1C1CCOC1. The van der Waals surface area contributed by atoms with Gasteiger partial charge in [-0.1, -0.05) is 38.1 Å². The van der Waals surface area contributed by atoms with E-state index in [9.17, 15) is 20.4 Å². The van der Waals surface area contributed by atoms with Crippen LogP contribution in [-0.2, 0) is 15.9 Å². The number of nitrogens with zero attached hydrogens (tertiary/aromatic N) is 2. The van der Waals surface area contributed by atoms with Crippen LogP contribution in [0.2, 0.25) is 0 Å². The molecule has 0 aliphatic carbocycles. The number of ether oxygens (including phenoxy) is 3. The zero-order valence-electron chi connectivity index (χ0n) is 19.3. The quantitative estimate of drug-likeness (QED) is 0.481. The van der Waals surface area contributed by atoms with Crippen molar-refractivity contribution in [2.24, 2.45) is 0 Å². The molecule has 2 aliphatic heterocycles. The molecule has 2 saturated heterocycles. The molecular formula is C24H34N2O7. The van der Waals surface area contributed by atoms with Crippen molar-refractivity contribution in [2.45, 2.75) is 76.3 Å². The molecule has 4 rings (SSSR count). The Hall–Kier alpha value is -2.01. The van der Waals surface area contributed by atoms with Crippen LogP contribution >= 0.6 is 0 Å². The van der Waals surface area contributed by atoms with Gasteiger partial charge in [0, 0.05) is 24.3 Å². The van der Waals surface area contributed by atoms with Crippen LogP contribution in [0.25, 0.3) is 0 Å². The lowest BCUT2D eigenvalue weighted by Gasteiger charge is -2.39. The van der Waals surface area contributed by atoms with E-state index < -0.39 is 37.3 Å². The van der Waals surface area contributed by atoms with E-state index >= 15 is 0 Å². The average molecular weight is 463 g/mol. The second kappa shape index (κ2) is 10.1. The number of aliphatic hydroxyl groups is 4. The largest absolute Gasteiger partial charge is 0.443 e. The maximum absolute atomic E-state index is 10.4. The van der Waals surface area contributed by atoms with Gasteiger partial charge in [0.2, 0.25) is 12.2 Å². The summed E-state index contributed by atoms with van der Waals surface area (Å²) in [4.78, 5) is 0. The summed E-state index contributed by atoms with van der Waals surface area (Å²) < 4.78 is 19.0. The fourth-order valence-corrected chi connectivity index (χ4v) is 4.39. The van der Waals surface area contributed by atoms with E-state index in [1.807, 2.05) is 11.6 Å². The molecule has 1 aromatic carbocycles. The molecular weight excluding hydrogens is 428 g/mol. The first-order valence-electron chi connectivity index (χ1n) is 11.5. The van der Waals surface area contributed by atoms with Crippen LogP contribution in [0.1, 0.15) is 54.6 Å². The van der Waals surface area contributed by atoms with Gasteiger partial charge in [-0.15, -0.1) is 5.10 Å². The van der Waals surface area contributed by atoms with Crippen molar-refractivity contribution >= 4 is 0 Å². The molecule has 0 bridgehead atoms. The lowest BCUT2D eigenvalue weighted by Crippen LogP contribution is -2.60. The van der Waals surface area contributed by atoms with Gasteiger partial charge < -0.3 is 34.6 Å². The highest BCUT2D eigenvalue weighted by Crippen LogP contribution is 2.32. The normalized spacial score (nSPS) is 30.2. The predicted molar refractivity (Wildman–Crippen MR) is 119 cm³/mol. The summed E-state index contributed by atoms with van der Waals surface area (Å²) in [5, 5.41) is 44.8. The Morgan fingerprint density at radius 2 is 1.85 bits per heavy atom. The van der Waals surface area contributed by atoms with Gasteiger partial charge in [0.15, 0.2) is 0 Å². The van der Waals surface area contributed by atoms with Crippen LogP contribution in [0.15, 0.2) is 24.3 Å². The molecule has 33 heavy (non-hydrogen) atoms. The van der Waals surface area contributed by atoms with Crippen LogP contribution in [-0.4, -0.2) is 80.7 Å². The number of rotatable bonds is 7. The number of aromatic nitrogens is 2. The zero-order chi connectivity index (χ0) is 23.7. The van der Waals surface area contributed by atoms with E-state index in [-0.39, 0.29) is 11.9 Å². The lowest BCUT2D eigenvalue weighted by molar-refractivity contribution is -0.278. The molecule has 2 aliphatic rings. The molecule has 2 fully saturated rings. The van der Waals surface area contributed by atoms with Crippen molar-refractivity contribution in [2.75, 3.05) is 19.8 Å². The smallest absolute Gasteiger partial charge is 0.239 e. The third-order valence-electron chi connectivity index (χ3n) is 6.59. The molecule has 1 unspecified atom stereocenters. The number of hydrogen-bond donors (Lipinski definition) is 4. The van der Waals surface area contributed by atoms with Gasteiger partial charge in [-0.05, 0) is 30.4 Å². The Labute approximate surface area is 193 Å². The van der Waals surface area contributed by atoms with Crippen molar-refractivity contribution in [3.8, 4) is 5.88 Å². The standard InChI is InChI=1S/C24H34N2O7/c1-13(2)16-6-4-15(5-7-16)10-18-14(3)26(17-8-9-31-12-17)25-23(18)33-24-22(30)21(29)20(28)19(11-27)32-24/h4-7,13,17,19-22,24,27-30H,8-12H2,1-3H3/t17?,19-,20-,21+,22-,24+/m1/s1. The van der Waals surface area contributed by atoms with Crippen molar-refractivity contribution in [1.82, 2.24) is 9.78 Å². The second-order valence-electron chi connectivity index (χ2n) is 9.22. The minimum Gasteiger partial charge on any atom is -0.443 e. The summed E-state index contributed by atoms with van der Waals surface area (Å²) in [5.74, 6) is 0.729. The minimum atomic E-state index is -1.51. The first-order valence-corrected chi connectivity index (χ1v) is 11.5. The van der Waals surface area contributed by atoms with Gasteiger partial charge in [0.05, 0.1) is 19.3 Å². The number of hydrogen-bond acceptors (Lipinski definition) is 8. The number of aliphatic hydroxyl groups excluding tert-OH is 4. The topological polar surface area (TPSA) is 126 Å². The van der Waals surface area contributed by atoms with Gasteiger partial charge in [-0.25, -0.2) is 0 Å². The predicted octanol–water partition coefficient (Wildman–Crippen LogP) is 1.05. The molecule has 0 amide bonds. The molecule has 3 heterocycles. The van der Waals surface area contributed by atoms with Crippen molar-refractivity contribution in [1.29, 1.82) is 0 Å². The van der Waals surface area contributed by atoms with Crippen LogP contribution < -0.4 is 4.74 Å². The Morgan fingerprint density at radius 1 is 1.12 bits per heavy atom. The van der Waals surface area contributed by atoms with E-state index in [4.69, 9.17) is 14.2 Å². The van der Waals surface area contributed by atoms with E-state index in [1.54, 1.807) is 0 Å². The Bertz CT molecular complexity index is 922. The summed E-state index contributed by atoms with van der Waals surface area (Å²) in [6, 6.07) is 8.48. The maximum atomic E-state index is 10.4. The highest BCUT2D eigenvalue weighted by molar-refractivity contribution is 5.38. The fourth-order valence-electron chi connectivity index (χ4n) is 4.39. The lowest BCUT2D eigenvalue weighted by atomic mass is 9.98. The molecule has 9 heteroatoms. The van der Waals surface area contributed by atoms with Crippen LogP contribution in [0, 0.1) is 6.92 Å². The summed E-state index contributed by atoms with van der Waals surface area (Å²) in [6.07, 6.45) is -5.40. The van der Waals surface area contributed by atoms with Gasteiger partial charge in [-0.2, -0.15) is 0 Å². The van der Waals surface area contributed by atoms with E-state index in [1.165, 1.54) is 5.56 Å². The maximum Gasteiger partial charge on any atom is 0.239 e. The molecule has 182 valence electrons. The molecule has 2 aromatic rings. The molecule has 0 radical (unpaired) electrons. The van der Waals surface area contributed by atoms with Crippen molar-refractivity contribution in [3.63, 3.8) is 0 Å². The first-order chi connectivity index (χ1) is 15.8. The zero-order valence-corrected chi connectivity index (χ0v) is 19.3. The Balaban J connectivity index is 1.63. The highest BCUT2D eigenvalue weighted by atomic mass is 16.7. The van der Waals surface area contributed by atoms with Crippen LogP contribution in [0.4, 0.5) is 0 Å². The molecule has 6 atom stereocenters. The van der Waals surface area contributed by atoms with Crippen LogP contribution in [0.3, 0.4) is 0 Å². The first kappa shape index (κ1) is 24.1. The van der Waals surface area contributed by atoms with E-state index in [0.29, 0.717) is 25.6 Å². The van der Waals surface area contributed by atoms with E-state index in [0.717, 1.165) is 23.2 Å². The monoisotopic (exact) mass is 462 g/mol. The molecule has 1 aromatic heterocycles. The van der Waals surface area contributed by atoms with Crippen molar-refractivity contribution < 1.29 is 34.6 Å². The minimum absolute atomic E-state index is 0.0826. The summed E-state index contributed by atoms with van der Waals surface area (Å²) in [5.41, 5.74) is 4.12. The number of benzene rings is 1. The average Bonchev–Trinajstić information content (AvgIpc) is 3.44. The molecule has 4 N–H and O–H groups in total. The summed E-state index contributed by atoms with van der Waals surface area (Å²) in [6.45, 7) is 6.98. The third kappa shape index (κ3) is 4.94. The summed E-state index contributed by atoms with van der Waals surface area (Å²) >= 11 is 0. The molecule has 0 spiro atoms. The third-order valence-corrected chi connectivity index (χ3v) is 6.59. The van der Waals surface area contributed by atoms with Crippen molar-refractivity contribution in [3.05, 3.63) is 46.6 Å². The molecule has 0 saturated carbocycles. The van der Waals surface area contributed by atoms with Gasteiger partial charge in [-0.3, -0.25) is 4.68 Å². The van der Waals surface area contributed by atoms with Gasteiger partial charge in [0.1, 0.15) is 24.4 Å². The molecule has 9 nitrogen and oxygen atoms in total. The Morgan fingerprint density at radius 3 is 2.45 bits per heavy atom. The highest BCUT2D eigenvalue weighted by Gasteiger charge is 2.45.